The molecule has 1 aromatic heterocycles. The summed E-state index contributed by atoms with van der Waals surface area (Å²) < 4.78 is 0. The highest BCUT2D eigenvalue weighted by molar-refractivity contribution is 7.17. The molecule has 1 unspecified atom stereocenters. The van der Waals surface area contributed by atoms with Crippen molar-refractivity contribution in [2.75, 3.05) is 19.6 Å². The van der Waals surface area contributed by atoms with Gasteiger partial charge in [0.1, 0.15) is 9.88 Å². The zero-order valence-corrected chi connectivity index (χ0v) is 17.2. The Morgan fingerprint density at radius 1 is 1.33 bits per heavy atom. The molecule has 2 heterocycles. The Bertz CT molecular complexity index is 819. The smallest absolute Gasteiger partial charge is 0.263 e. The number of benzene rings is 1. The fourth-order valence-corrected chi connectivity index (χ4v) is 4.37. The second kappa shape index (κ2) is 8.85. The predicted molar refractivity (Wildman–Crippen MR) is 109 cm³/mol. The van der Waals surface area contributed by atoms with E-state index in [0.717, 1.165) is 30.1 Å². The third-order valence-corrected chi connectivity index (χ3v) is 6.19. The minimum absolute atomic E-state index is 0.115. The molecule has 27 heavy (non-hydrogen) atoms. The SMILES string of the molecule is Cc1nc(-c2ccc(Cl)cc2)sc1C(=O)NCCC(=O)N1CCCC(C)C1. The van der Waals surface area contributed by atoms with Gasteiger partial charge < -0.3 is 10.2 Å². The summed E-state index contributed by atoms with van der Waals surface area (Å²) in [5.41, 5.74) is 1.62. The molecule has 0 bridgehead atoms. The maximum Gasteiger partial charge on any atom is 0.263 e. The van der Waals surface area contributed by atoms with Crippen molar-refractivity contribution in [1.29, 1.82) is 0 Å². The lowest BCUT2D eigenvalue weighted by Gasteiger charge is -2.31. The number of nitrogens with one attached hydrogen (secondary N) is 1. The number of likely N-dealkylation sites (tertiary alicyclic amines) is 1. The van der Waals surface area contributed by atoms with Crippen molar-refractivity contribution >= 4 is 34.8 Å². The first-order valence-electron chi connectivity index (χ1n) is 9.23. The van der Waals surface area contributed by atoms with Gasteiger partial charge in [-0.3, -0.25) is 9.59 Å². The zero-order chi connectivity index (χ0) is 19.4. The molecule has 1 N–H and O–H groups in total. The molecule has 2 amide bonds. The summed E-state index contributed by atoms with van der Waals surface area (Å²) >= 11 is 7.27. The predicted octanol–water partition coefficient (Wildman–Crippen LogP) is 4.15. The van der Waals surface area contributed by atoms with Crippen LogP contribution in [-0.4, -0.2) is 41.3 Å². The molecule has 0 saturated carbocycles. The lowest BCUT2D eigenvalue weighted by Crippen LogP contribution is -2.40. The van der Waals surface area contributed by atoms with Gasteiger partial charge in [-0.2, -0.15) is 0 Å². The van der Waals surface area contributed by atoms with Crippen LogP contribution in [0.3, 0.4) is 0 Å². The molecule has 2 aromatic rings. The average molecular weight is 406 g/mol. The monoisotopic (exact) mass is 405 g/mol. The van der Waals surface area contributed by atoms with Crippen LogP contribution in [-0.2, 0) is 4.79 Å². The Morgan fingerprint density at radius 3 is 2.78 bits per heavy atom. The molecule has 144 valence electrons. The third-order valence-electron chi connectivity index (χ3n) is 4.73. The van der Waals surface area contributed by atoms with Crippen molar-refractivity contribution in [3.8, 4) is 10.6 Å². The summed E-state index contributed by atoms with van der Waals surface area (Å²) in [5.74, 6) is 0.498. The first-order valence-corrected chi connectivity index (χ1v) is 10.4. The number of aromatic nitrogens is 1. The van der Waals surface area contributed by atoms with Crippen LogP contribution in [0.1, 0.15) is 41.6 Å². The van der Waals surface area contributed by atoms with E-state index in [-0.39, 0.29) is 11.8 Å². The van der Waals surface area contributed by atoms with Crippen LogP contribution in [0.2, 0.25) is 5.02 Å². The van der Waals surface area contributed by atoms with Gasteiger partial charge in [-0.15, -0.1) is 11.3 Å². The van der Waals surface area contributed by atoms with Gasteiger partial charge in [0.15, 0.2) is 0 Å². The molecule has 7 heteroatoms. The van der Waals surface area contributed by atoms with E-state index in [1.807, 2.05) is 24.0 Å². The molecule has 5 nitrogen and oxygen atoms in total. The molecular formula is C20H24ClN3O2S. The number of amides is 2. The lowest BCUT2D eigenvalue weighted by atomic mass is 10.00. The van der Waals surface area contributed by atoms with Crippen molar-refractivity contribution in [3.05, 3.63) is 39.9 Å². The number of hydrogen-bond donors (Lipinski definition) is 1. The second-order valence-corrected chi connectivity index (χ2v) is 8.47. The van der Waals surface area contributed by atoms with E-state index in [4.69, 9.17) is 11.6 Å². The molecule has 0 spiro atoms. The highest BCUT2D eigenvalue weighted by Gasteiger charge is 2.21. The molecule has 1 aromatic carbocycles. The number of piperidine rings is 1. The van der Waals surface area contributed by atoms with Gasteiger partial charge in [0.05, 0.1) is 5.69 Å². The quantitative estimate of drug-likeness (QED) is 0.812. The summed E-state index contributed by atoms with van der Waals surface area (Å²) in [4.78, 5) is 31.8. The normalized spacial score (nSPS) is 17.0. The minimum Gasteiger partial charge on any atom is -0.351 e. The number of carbonyl (C=O) groups is 2. The summed E-state index contributed by atoms with van der Waals surface area (Å²) in [6, 6.07) is 7.39. The van der Waals surface area contributed by atoms with Crippen LogP contribution in [0.4, 0.5) is 0 Å². The van der Waals surface area contributed by atoms with E-state index in [1.165, 1.54) is 17.8 Å². The van der Waals surface area contributed by atoms with Crippen LogP contribution in [0, 0.1) is 12.8 Å². The number of rotatable bonds is 5. The first-order chi connectivity index (χ1) is 12.9. The van der Waals surface area contributed by atoms with Crippen LogP contribution in [0.25, 0.3) is 10.6 Å². The molecule has 1 aliphatic rings. The number of halogens is 1. The lowest BCUT2D eigenvalue weighted by molar-refractivity contribution is -0.132. The molecular weight excluding hydrogens is 382 g/mol. The number of aryl methyl sites for hydroxylation is 1. The summed E-state index contributed by atoms with van der Waals surface area (Å²) in [5, 5.41) is 4.31. The fraction of sp³-hybridized carbons (Fsp3) is 0.450. The Hall–Kier alpha value is -1.92. The molecule has 0 radical (unpaired) electrons. The molecule has 0 aliphatic carbocycles. The summed E-state index contributed by atoms with van der Waals surface area (Å²) in [6.07, 6.45) is 2.58. The number of carbonyl (C=O) groups excluding carboxylic acids is 2. The number of nitrogens with zero attached hydrogens (tertiary/aromatic N) is 2. The van der Waals surface area contributed by atoms with Crippen LogP contribution in [0.15, 0.2) is 24.3 Å². The van der Waals surface area contributed by atoms with Gasteiger partial charge >= 0.3 is 0 Å². The molecule has 1 saturated heterocycles. The van der Waals surface area contributed by atoms with Gasteiger partial charge in [-0.25, -0.2) is 4.98 Å². The zero-order valence-electron chi connectivity index (χ0n) is 15.6. The van der Waals surface area contributed by atoms with Gasteiger partial charge in [0, 0.05) is 36.6 Å². The van der Waals surface area contributed by atoms with E-state index in [1.54, 1.807) is 12.1 Å². The molecule has 1 fully saturated rings. The Labute approximate surface area is 168 Å². The van der Waals surface area contributed by atoms with E-state index in [0.29, 0.717) is 34.5 Å². The number of hydrogen-bond acceptors (Lipinski definition) is 4. The molecule has 1 aliphatic heterocycles. The van der Waals surface area contributed by atoms with Gasteiger partial charge in [-0.1, -0.05) is 30.7 Å². The minimum atomic E-state index is -0.176. The summed E-state index contributed by atoms with van der Waals surface area (Å²) in [6.45, 7) is 5.99. The first kappa shape index (κ1) is 19.8. The Balaban J connectivity index is 1.55. The van der Waals surface area contributed by atoms with E-state index in [9.17, 15) is 9.59 Å². The standard InChI is InChI=1S/C20H24ClN3O2S/c1-13-4-3-11-24(12-13)17(25)9-10-22-19(26)18-14(2)23-20(27-18)15-5-7-16(21)8-6-15/h5-8,13H,3-4,9-12H2,1-2H3,(H,22,26). The third kappa shape index (κ3) is 5.08. The highest BCUT2D eigenvalue weighted by Crippen LogP contribution is 2.28. The maximum absolute atomic E-state index is 12.5. The highest BCUT2D eigenvalue weighted by atomic mass is 35.5. The molecule has 3 rings (SSSR count). The second-order valence-electron chi connectivity index (χ2n) is 7.03. The molecule has 1 atom stereocenters. The Morgan fingerprint density at radius 2 is 2.07 bits per heavy atom. The van der Waals surface area contributed by atoms with Gasteiger partial charge in [-0.05, 0) is 37.8 Å². The van der Waals surface area contributed by atoms with E-state index < -0.39 is 0 Å². The van der Waals surface area contributed by atoms with Crippen molar-refractivity contribution in [1.82, 2.24) is 15.2 Å². The number of thiazole rings is 1. The van der Waals surface area contributed by atoms with Gasteiger partial charge in [0.2, 0.25) is 5.91 Å². The van der Waals surface area contributed by atoms with Crippen molar-refractivity contribution < 1.29 is 9.59 Å². The van der Waals surface area contributed by atoms with Crippen LogP contribution in [0.5, 0.6) is 0 Å². The average Bonchev–Trinajstić information content (AvgIpc) is 3.04. The Kier molecular flexibility index (Phi) is 6.50. The summed E-state index contributed by atoms with van der Waals surface area (Å²) in [7, 11) is 0. The topological polar surface area (TPSA) is 62.3 Å². The van der Waals surface area contributed by atoms with Gasteiger partial charge in [0.25, 0.3) is 5.91 Å². The van der Waals surface area contributed by atoms with Crippen LogP contribution >= 0.6 is 22.9 Å². The van der Waals surface area contributed by atoms with Crippen molar-refractivity contribution in [2.45, 2.75) is 33.1 Å². The maximum atomic E-state index is 12.5. The van der Waals surface area contributed by atoms with Crippen molar-refractivity contribution in [3.63, 3.8) is 0 Å². The van der Waals surface area contributed by atoms with E-state index in [2.05, 4.69) is 17.2 Å². The largest absolute Gasteiger partial charge is 0.351 e. The van der Waals surface area contributed by atoms with Crippen molar-refractivity contribution in [2.24, 2.45) is 5.92 Å². The van der Waals surface area contributed by atoms with E-state index >= 15 is 0 Å². The fourth-order valence-electron chi connectivity index (χ4n) is 3.26. The van der Waals surface area contributed by atoms with Crippen LogP contribution < -0.4 is 5.32 Å².